The summed E-state index contributed by atoms with van der Waals surface area (Å²) in [6.07, 6.45) is 5.01. The second kappa shape index (κ2) is 9.03. The number of hydrogen-bond acceptors (Lipinski definition) is 3. The number of rotatable bonds is 7. The van der Waals surface area contributed by atoms with Crippen LogP contribution < -0.4 is 0 Å². The Balaban J connectivity index is 1.55. The van der Waals surface area contributed by atoms with Gasteiger partial charge < -0.3 is 4.57 Å². The lowest BCUT2D eigenvalue weighted by molar-refractivity contribution is 0.602. The topological polar surface area (TPSA) is 30.7 Å². The molecule has 0 saturated heterocycles. The minimum atomic E-state index is 0.941. The van der Waals surface area contributed by atoms with Crippen LogP contribution in [0.1, 0.15) is 32.6 Å². The molecule has 6 aromatic rings. The van der Waals surface area contributed by atoms with Crippen molar-refractivity contribution in [1.82, 2.24) is 14.5 Å². The van der Waals surface area contributed by atoms with E-state index in [0.29, 0.717) is 0 Å². The first-order valence-corrected chi connectivity index (χ1v) is 13.1. The quantitative estimate of drug-likeness (QED) is 0.223. The first-order chi connectivity index (χ1) is 16.8. The average molecular weight is 462 g/mol. The van der Waals surface area contributed by atoms with Crippen LogP contribution in [-0.4, -0.2) is 14.5 Å². The second-order valence-corrected chi connectivity index (χ2v) is 9.63. The molecule has 3 aromatic heterocycles. The maximum Gasteiger partial charge on any atom is 0.100 e. The van der Waals surface area contributed by atoms with Gasteiger partial charge in [-0.25, -0.2) is 9.97 Å². The molecule has 4 heteroatoms. The molecule has 0 aliphatic rings. The average Bonchev–Trinajstić information content (AvgIpc) is 3.48. The summed E-state index contributed by atoms with van der Waals surface area (Å²) >= 11 is 1.65. The van der Waals surface area contributed by atoms with Crippen LogP contribution in [0.25, 0.3) is 55.4 Å². The Hall–Kier alpha value is -3.50. The van der Waals surface area contributed by atoms with Gasteiger partial charge >= 0.3 is 0 Å². The number of nitrogens with zero attached hydrogens (tertiary/aromatic N) is 3. The van der Waals surface area contributed by atoms with Gasteiger partial charge in [-0.15, -0.1) is 11.3 Å². The number of fused-ring (bicyclic) bond motifs is 4. The first kappa shape index (κ1) is 21.1. The smallest absolute Gasteiger partial charge is 0.100 e. The van der Waals surface area contributed by atoms with Crippen molar-refractivity contribution in [3.05, 3.63) is 83.6 Å². The molecule has 0 bridgehead atoms. The van der Waals surface area contributed by atoms with Crippen LogP contribution in [0.5, 0.6) is 0 Å². The van der Waals surface area contributed by atoms with Gasteiger partial charge in [0.15, 0.2) is 0 Å². The fraction of sp³-hybridized carbons (Fsp3) is 0.200. The fourth-order valence-electron chi connectivity index (χ4n) is 4.93. The van der Waals surface area contributed by atoms with Gasteiger partial charge in [-0.1, -0.05) is 86.8 Å². The molecule has 0 unspecified atom stereocenters. The van der Waals surface area contributed by atoms with Crippen molar-refractivity contribution in [2.24, 2.45) is 0 Å². The van der Waals surface area contributed by atoms with Crippen LogP contribution in [0.3, 0.4) is 0 Å². The predicted molar refractivity (Wildman–Crippen MR) is 145 cm³/mol. The standard InChI is InChI=1S/C30H27N3S/c1-2-3-4-10-17-33-27-14-9-8-13-23(27)24-16-15-22(18-28(24)33)30-29(21-11-6-5-7-12-21)31-25-19-34-20-26(25)32-30/h5-9,11-16,18-20H,2-4,10,17H2,1H3. The van der Waals surface area contributed by atoms with E-state index < -0.39 is 0 Å². The van der Waals surface area contributed by atoms with Gasteiger partial charge in [0.05, 0.1) is 11.4 Å². The minimum Gasteiger partial charge on any atom is -0.340 e. The van der Waals surface area contributed by atoms with Crippen molar-refractivity contribution in [2.75, 3.05) is 0 Å². The monoisotopic (exact) mass is 461 g/mol. The van der Waals surface area contributed by atoms with Crippen molar-refractivity contribution < 1.29 is 0 Å². The van der Waals surface area contributed by atoms with E-state index in [9.17, 15) is 0 Å². The number of para-hydroxylation sites is 1. The Kier molecular flexibility index (Phi) is 5.60. The van der Waals surface area contributed by atoms with Crippen LogP contribution in [0.15, 0.2) is 83.6 Å². The molecule has 6 rings (SSSR count). The maximum absolute atomic E-state index is 5.10. The van der Waals surface area contributed by atoms with Gasteiger partial charge in [-0.2, -0.15) is 0 Å². The number of aryl methyl sites for hydroxylation is 1. The molecule has 0 fully saturated rings. The zero-order chi connectivity index (χ0) is 22.9. The lowest BCUT2D eigenvalue weighted by Gasteiger charge is -2.11. The van der Waals surface area contributed by atoms with E-state index in [2.05, 4.69) is 89.0 Å². The first-order valence-electron chi connectivity index (χ1n) is 12.1. The third kappa shape index (κ3) is 3.68. The molecule has 3 aromatic carbocycles. The summed E-state index contributed by atoms with van der Waals surface area (Å²) in [4.78, 5) is 10.1. The van der Waals surface area contributed by atoms with Crippen LogP contribution in [0.2, 0.25) is 0 Å². The molecule has 0 atom stereocenters. The van der Waals surface area contributed by atoms with Crippen molar-refractivity contribution in [1.29, 1.82) is 0 Å². The van der Waals surface area contributed by atoms with E-state index in [1.807, 2.05) is 6.07 Å². The summed E-state index contributed by atoms with van der Waals surface area (Å²) in [7, 11) is 0. The summed E-state index contributed by atoms with van der Waals surface area (Å²) in [5.74, 6) is 0. The highest BCUT2D eigenvalue weighted by atomic mass is 32.1. The Morgan fingerprint density at radius 3 is 2.18 bits per heavy atom. The molecule has 0 amide bonds. The Bertz CT molecular complexity index is 1590. The summed E-state index contributed by atoms with van der Waals surface area (Å²) in [5.41, 5.74) is 8.61. The Morgan fingerprint density at radius 1 is 0.676 bits per heavy atom. The lowest BCUT2D eigenvalue weighted by atomic mass is 10.0. The van der Waals surface area contributed by atoms with Crippen LogP contribution in [0.4, 0.5) is 0 Å². The Morgan fingerprint density at radius 2 is 1.38 bits per heavy atom. The molecule has 0 spiro atoms. The number of unbranched alkanes of at least 4 members (excludes halogenated alkanes) is 3. The largest absolute Gasteiger partial charge is 0.340 e. The van der Waals surface area contributed by atoms with Gasteiger partial charge in [0.25, 0.3) is 0 Å². The summed E-state index contributed by atoms with van der Waals surface area (Å²) < 4.78 is 2.50. The van der Waals surface area contributed by atoms with Crippen molar-refractivity contribution in [3.8, 4) is 22.5 Å². The highest BCUT2D eigenvalue weighted by Gasteiger charge is 2.16. The SMILES string of the molecule is CCCCCCn1c2ccccc2c2ccc(-c3nc4cscc4nc3-c3ccccc3)cc21. The molecule has 3 nitrogen and oxygen atoms in total. The number of benzene rings is 3. The van der Waals surface area contributed by atoms with Crippen molar-refractivity contribution in [2.45, 2.75) is 39.2 Å². The van der Waals surface area contributed by atoms with Gasteiger partial charge in [-0.3, -0.25) is 0 Å². The van der Waals surface area contributed by atoms with E-state index in [-0.39, 0.29) is 0 Å². The molecule has 3 heterocycles. The third-order valence-electron chi connectivity index (χ3n) is 6.64. The van der Waals surface area contributed by atoms with Crippen LogP contribution in [-0.2, 0) is 6.54 Å². The lowest BCUT2D eigenvalue weighted by Crippen LogP contribution is -1.98. The molecule has 0 N–H and O–H groups in total. The van der Waals surface area contributed by atoms with E-state index in [1.165, 1.54) is 47.5 Å². The van der Waals surface area contributed by atoms with Gasteiger partial charge in [-0.05, 0) is 18.6 Å². The number of aromatic nitrogens is 3. The van der Waals surface area contributed by atoms with Gasteiger partial charge in [0.2, 0.25) is 0 Å². The molecule has 0 saturated carbocycles. The molecule has 34 heavy (non-hydrogen) atoms. The van der Waals surface area contributed by atoms with Gasteiger partial charge in [0, 0.05) is 50.2 Å². The highest BCUT2D eigenvalue weighted by Crippen LogP contribution is 2.36. The van der Waals surface area contributed by atoms with Crippen molar-refractivity contribution >= 4 is 44.2 Å². The summed E-state index contributed by atoms with van der Waals surface area (Å²) in [5, 5.41) is 6.79. The minimum absolute atomic E-state index is 0.941. The third-order valence-corrected chi connectivity index (χ3v) is 7.36. The van der Waals surface area contributed by atoms with Crippen molar-refractivity contribution in [3.63, 3.8) is 0 Å². The summed E-state index contributed by atoms with van der Waals surface area (Å²) in [6.45, 7) is 3.30. The molecule has 0 aliphatic carbocycles. The molecule has 168 valence electrons. The zero-order valence-electron chi connectivity index (χ0n) is 19.4. The Labute approximate surface area is 203 Å². The zero-order valence-corrected chi connectivity index (χ0v) is 20.2. The highest BCUT2D eigenvalue weighted by molar-refractivity contribution is 7.09. The molecule has 0 radical (unpaired) electrons. The maximum atomic E-state index is 5.10. The normalized spacial score (nSPS) is 11.7. The molecular weight excluding hydrogens is 434 g/mol. The number of thiophene rings is 1. The van der Waals surface area contributed by atoms with E-state index in [0.717, 1.165) is 40.1 Å². The van der Waals surface area contributed by atoms with Gasteiger partial charge in [0.1, 0.15) is 11.0 Å². The fourth-order valence-corrected chi connectivity index (χ4v) is 5.60. The van der Waals surface area contributed by atoms with E-state index >= 15 is 0 Å². The second-order valence-electron chi connectivity index (χ2n) is 8.89. The summed E-state index contributed by atoms with van der Waals surface area (Å²) in [6, 6.07) is 26.0. The van der Waals surface area contributed by atoms with Crippen LogP contribution >= 0.6 is 11.3 Å². The van der Waals surface area contributed by atoms with E-state index in [4.69, 9.17) is 9.97 Å². The molecular formula is C30H27N3S. The predicted octanol–water partition coefficient (Wildman–Crippen LogP) is 8.71. The van der Waals surface area contributed by atoms with E-state index in [1.54, 1.807) is 11.3 Å². The van der Waals surface area contributed by atoms with Crippen LogP contribution in [0, 0.1) is 0 Å². The number of hydrogen-bond donors (Lipinski definition) is 0. The molecule has 0 aliphatic heterocycles.